The van der Waals surface area contributed by atoms with Crippen molar-refractivity contribution in [1.29, 1.82) is 0 Å². The van der Waals surface area contributed by atoms with Crippen molar-refractivity contribution in [2.75, 3.05) is 19.5 Å². The summed E-state index contributed by atoms with van der Waals surface area (Å²) < 4.78 is 45.4. The van der Waals surface area contributed by atoms with Crippen molar-refractivity contribution in [2.24, 2.45) is 0 Å². The minimum absolute atomic E-state index is 0.156. The van der Waals surface area contributed by atoms with E-state index >= 15 is 0 Å². The number of aromatic nitrogens is 1. The van der Waals surface area contributed by atoms with Crippen LogP contribution in [0.3, 0.4) is 0 Å². The molecule has 1 aromatic carbocycles. The van der Waals surface area contributed by atoms with E-state index in [4.69, 9.17) is 4.74 Å². The number of fused-ring (bicyclic) bond motifs is 1. The van der Waals surface area contributed by atoms with Crippen LogP contribution in [-0.2, 0) is 11.3 Å². The fraction of sp³-hybridized carbons (Fsp3) is 0.250. The van der Waals surface area contributed by atoms with Crippen LogP contribution in [0, 0.1) is 17.5 Å². The van der Waals surface area contributed by atoms with E-state index in [1.165, 1.54) is 20.2 Å². The van der Waals surface area contributed by atoms with Gasteiger partial charge in [-0.25, -0.2) is 18.2 Å². The Hall–Kier alpha value is -1.82. The van der Waals surface area contributed by atoms with Gasteiger partial charge in [0.15, 0.2) is 17.5 Å². The topological polar surface area (TPSA) is 34.1 Å². The minimum atomic E-state index is -1.24. The van der Waals surface area contributed by atoms with Crippen LogP contribution in [-0.4, -0.2) is 19.1 Å². The zero-order valence-electron chi connectivity index (χ0n) is 9.85. The molecule has 0 fully saturated rings. The minimum Gasteiger partial charge on any atom is -0.387 e. The third-order valence-electron chi connectivity index (χ3n) is 2.54. The molecule has 0 unspecified atom stereocenters. The fourth-order valence-corrected chi connectivity index (χ4v) is 1.77. The Morgan fingerprint density at radius 3 is 2.56 bits per heavy atom. The van der Waals surface area contributed by atoms with Gasteiger partial charge in [-0.05, 0) is 6.07 Å². The second-order valence-corrected chi connectivity index (χ2v) is 3.72. The summed E-state index contributed by atoms with van der Waals surface area (Å²) in [6.45, 7) is 0.156. The molecule has 0 bridgehead atoms. The first-order valence-electron chi connectivity index (χ1n) is 5.22. The van der Waals surface area contributed by atoms with Crippen molar-refractivity contribution in [3.8, 4) is 0 Å². The quantitative estimate of drug-likeness (QED) is 0.857. The molecule has 1 aromatic heterocycles. The van der Waals surface area contributed by atoms with Crippen molar-refractivity contribution in [3.05, 3.63) is 35.3 Å². The largest absolute Gasteiger partial charge is 0.387 e. The second-order valence-electron chi connectivity index (χ2n) is 3.72. The average Bonchev–Trinajstić information content (AvgIpc) is 2.35. The summed E-state index contributed by atoms with van der Waals surface area (Å²) in [5, 5.41) is 2.50. The summed E-state index contributed by atoms with van der Waals surface area (Å²) in [5.74, 6) is -3.26. The van der Waals surface area contributed by atoms with Crippen LogP contribution in [0.25, 0.3) is 10.9 Å². The number of hydrogen-bond acceptors (Lipinski definition) is 3. The Bertz CT molecular complexity index is 602. The maximum atomic E-state index is 13.7. The van der Waals surface area contributed by atoms with Crippen molar-refractivity contribution in [2.45, 2.75) is 6.61 Å². The van der Waals surface area contributed by atoms with E-state index in [9.17, 15) is 13.2 Å². The summed E-state index contributed by atoms with van der Waals surface area (Å²) in [6, 6.07) is 1.98. The highest BCUT2D eigenvalue weighted by Gasteiger charge is 2.17. The zero-order chi connectivity index (χ0) is 13.3. The third-order valence-corrected chi connectivity index (χ3v) is 2.54. The molecule has 0 aliphatic carbocycles. The van der Waals surface area contributed by atoms with Gasteiger partial charge in [0, 0.05) is 25.9 Å². The summed E-state index contributed by atoms with van der Waals surface area (Å²) in [5.41, 5.74) is 0.481. The highest BCUT2D eigenvalue weighted by molar-refractivity contribution is 5.92. The molecule has 0 amide bonds. The monoisotopic (exact) mass is 256 g/mol. The molecule has 0 aliphatic rings. The molecule has 18 heavy (non-hydrogen) atoms. The van der Waals surface area contributed by atoms with Crippen LogP contribution in [0.1, 0.15) is 5.69 Å². The van der Waals surface area contributed by atoms with Crippen LogP contribution in [0.5, 0.6) is 0 Å². The van der Waals surface area contributed by atoms with Crippen LogP contribution in [0.15, 0.2) is 12.1 Å². The number of anilines is 1. The first kappa shape index (κ1) is 12.6. The molecule has 6 heteroatoms. The normalized spacial score (nSPS) is 10.9. The van der Waals surface area contributed by atoms with E-state index in [1.54, 1.807) is 0 Å². The molecule has 0 spiro atoms. The molecule has 3 nitrogen and oxygen atoms in total. The molecule has 0 saturated carbocycles. The number of hydrogen-bond donors (Lipinski definition) is 1. The van der Waals surface area contributed by atoms with E-state index in [1.807, 2.05) is 0 Å². The Kier molecular flexibility index (Phi) is 3.38. The zero-order valence-corrected chi connectivity index (χ0v) is 9.85. The van der Waals surface area contributed by atoms with E-state index in [2.05, 4.69) is 10.3 Å². The lowest BCUT2D eigenvalue weighted by Crippen LogP contribution is -2.02. The maximum Gasteiger partial charge on any atom is 0.170 e. The second kappa shape index (κ2) is 4.81. The van der Waals surface area contributed by atoms with Gasteiger partial charge in [0.2, 0.25) is 0 Å². The van der Waals surface area contributed by atoms with Crippen molar-refractivity contribution >= 4 is 16.6 Å². The summed E-state index contributed by atoms with van der Waals surface area (Å²) in [7, 11) is 3.00. The number of benzene rings is 1. The van der Waals surface area contributed by atoms with Gasteiger partial charge in [-0.3, -0.25) is 0 Å². The number of rotatable bonds is 3. The van der Waals surface area contributed by atoms with Gasteiger partial charge < -0.3 is 10.1 Å². The van der Waals surface area contributed by atoms with Gasteiger partial charge in [0.25, 0.3) is 0 Å². The van der Waals surface area contributed by atoms with E-state index in [0.717, 1.165) is 0 Å². The number of halogens is 3. The molecule has 0 saturated heterocycles. The number of methoxy groups -OCH3 is 1. The molecule has 0 atom stereocenters. The van der Waals surface area contributed by atoms with Crippen molar-refractivity contribution < 1.29 is 17.9 Å². The highest BCUT2D eigenvalue weighted by Crippen LogP contribution is 2.29. The lowest BCUT2D eigenvalue weighted by atomic mass is 10.1. The predicted octanol–water partition coefficient (Wildman–Crippen LogP) is 2.84. The van der Waals surface area contributed by atoms with Crippen LogP contribution in [0.4, 0.5) is 18.9 Å². The summed E-state index contributed by atoms with van der Waals surface area (Å²) >= 11 is 0. The average molecular weight is 256 g/mol. The van der Waals surface area contributed by atoms with Crippen molar-refractivity contribution in [1.82, 2.24) is 4.98 Å². The lowest BCUT2D eigenvalue weighted by molar-refractivity contribution is 0.182. The number of pyridine rings is 1. The van der Waals surface area contributed by atoms with Gasteiger partial charge in [-0.1, -0.05) is 0 Å². The molecule has 0 radical (unpaired) electrons. The third kappa shape index (κ3) is 1.99. The van der Waals surface area contributed by atoms with Gasteiger partial charge >= 0.3 is 0 Å². The number of ether oxygens (including phenoxy) is 1. The van der Waals surface area contributed by atoms with Crippen LogP contribution < -0.4 is 5.32 Å². The maximum absolute atomic E-state index is 13.7. The molecular weight excluding hydrogens is 245 g/mol. The highest BCUT2D eigenvalue weighted by atomic mass is 19.2. The molecular formula is C12H11F3N2O. The van der Waals surface area contributed by atoms with E-state index in [0.29, 0.717) is 11.8 Å². The Morgan fingerprint density at radius 1 is 1.22 bits per heavy atom. The number of nitrogens with zero attached hydrogens (tertiary/aromatic N) is 1. The predicted molar refractivity (Wildman–Crippen MR) is 61.9 cm³/mol. The van der Waals surface area contributed by atoms with Gasteiger partial charge in [0.05, 0.1) is 17.7 Å². The molecule has 1 heterocycles. The molecule has 96 valence electrons. The summed E-state index contributed by atoms with van der Waals surface area (Å²) in [6.07, 6.45) is 0. The number of nitrogens with one attached hydrogen (secondary N) is 1. The Morgan fingerprint density at radius 2 is 1.94 bits per heavy atom. The molecule has 2 aromatic rings. The molecule has 1 N–H and O–H groups in total. The van der Waals surface area contributed by atoms with Crippen molar-refractivity contribution in [3.63, 3.8) is 0 Å². The first-order valence-corrected chi connectivity index (χ1v) is 5.22. The Labute approximate surface area is 102 Å². The lowest BCUT2D eigenvalue weighted by Gasteiger charge is -2.10. The Balaban J connectivity index is 2.82. The van der Waals surface area contributed by atoms with E-state index in [-0.39, 0.29) is 23.2 Å². The van der Waals surface area contributed by atoms with Gasteiger partial charge in [-0.15, -0.1) is 0 Å². The molecule has 2 rings (SSSR count). The summed E-state index contributed by atoms with van der Waals surface area (Å²) in [4.78, 5) is 3.93. The SMILES string of the molecule is CNc1cc(COC)nc2c(F)cc(F)c(F)c12. The van der Waals surface area contributed by atoms with Gasteiger partial charge in [-0.2, -0.15) is 0 Å². The standard InChI is InChI=1S/C12H11F3N2O/c1-16-9-3-6(5-18-2)17-12-8(14)4-7(13)11(15)10(9)12/h3-4H,5H2,1-2H3,(H,16,17). The fourth-order valence-electron chi connectivity index (χ4n) is 1.77. The first-order chi connectivity index (χ1) is 8.58. The smallest absolute Gasteiger partial charge is 0.170 e. The van der Waals surface area contributed by atoms with Crippen LogP contribution >= 0.6 is 0 Å². The van der Waals surface area contributed by atoms with Crippen LogP contribution in [0.2, 0.25) is 0 Å². The molecule has 0 aliphatic heterocycles. The van der Waals surface area contributed by atoms with E-state index < -0.39 is 17.5 Å². The van der Waals surface area contributed by atoms with Gasteiger partial charge in [0.1, 0.15) is 5.52 Å².